The zero-order chi connectivity index (χ0) is 25.0. The second kappa shape index (κ2) is 14.3. The number of nitrogens with one attached hydrogen (secondary N) is 3. The third-order valence-corrected chi connectivity index (χ3v) is 7.78. The fourth-order valence-electron chi connectivity index (χ4n) is 5.87. The van der Waals surface area contributed by atoms with Gasteiger partial charge in [0.1, 0.15) is 12.8 Å². The number of carbonyl (C=O) groups is 3. The number of ether oxygens (including phenoxy) is 1. The van der Waals surface area contributed by atoms with E-state index in [0.29, 0.717) is 5.57 Å². The average molecular weight is 491 g/mol. The number of amides is 4. The summed E-state index contributed by atoms with van der Waals surface area (Å²) in [7, 11) is 0. The molecule has 1 unspecified atom stereocenters. The van der Waals surface area contributed by atoms with Crippen LogP contribution in [0.1, 0.15) is 103 Å². The molecule has 0 aromatic heterocycles. The van der Waals surface area contributed by atoms with E-state index in [1.165, 1.54) is 19.3 Å². The van der Waals surface area contributed by atoms with Crippen LogP contribution in [0.5, 0.6) is 0 Å². The summed E-state index contributed by atoms with van der Waals surface area (Å²) in [5.41, 5.74) is 0.339. The van der Waals surface area contributed by atoms with Crippen molar-refractivity contribution in [1.82, 2.24) is 20.9 Å². The molecule has 0 radical (unpaired) electrons. The van der Waals surface area contributed by atoms with E-state index in [0.717, 1.165) is 77.0 Å². The molecule has 0 aliphatic heterocycles. The van der Waals surface area contributed by atoms with Gasteiger partial charge in [0.05, 0.1) is 6.54 Å². The van der Waals surface area contributed by atoms with Gasteiger partial charge in [0, 0.05) is 17.7 Å². The van der Waals surface area contributed by atoms with Crippen molar-refractivity contribution in [1.29, 1.82) is 0 Å². The Labute approximate surface area is 211 Å². The Morgan fingerprint density at radius 2 is 1.46 bits per heavy atom. The molecule has 0 aromatic rings. The van der Waals surface area contributed by atoms with Gasteiger partial charge in [-0.15, -0.1) is 0 Å². The number of rotatable bonds is 9. The van der Waals surface area contributed by atoms with Crippen LogP contribution in [0.2, 0.25) is 0 Å². The summed E-state index contributed by atoms with van der Waals surface area (Å²) in [5.74, 6) is -0.209. The maximum atomic E-state index is 13.6. The second-order valence-corrected chi connectivity index (χ2v) is 10.6. The number of esters is 1. The van der Waals surface area contributed by atoms with Crippen molar-refractivity contribution >= 4 is 18.0 Å². The second-order valence-electron chi connectivity index (χ2n) is 10.6. The monoisotopic (exact) mass is 490 g/mol. The maximum absolute atomic E-state index is 13.6. The van der Waals surface area contributed by atoms with Gasteiger partial charge >= 0.3 is 18.0 Å². The SMILES string of the molecule is C=C(C)C(=O)OCCNC(=O)N(C1CCCCC1)C(NC(=O)NC1CCCCC1)C1CCCCC1. The molecule has 4 amide bonds. The molecule has 0 bridgehead atoms. The third-order valence-electron chi connectivity index (χ3n) is 7.78. The van der Waals surface area contributed by atoms with Crippen LogP contribution in [-0.2, 0) is 9.53 Å². The van der Waals surface area contributed by atoms with Crippen LogP contribution >= 0.6 is 0 Å². The maximum Gasteiger partial charge on any atom is 0.333 e. The molecule has 3 rings (SSSR count). The molecule has 198 valence electrons. The highest BCUT2D eigenvalue weighted by atomic mass is 16.5. The highest BCUT2D eigenvalue weighted by Crippen LogP contribution is 2.32. The number of hydrogen-bond acceptors (Lipinski definition) is 4. The lowest BCUT2D eigenvalue weighted by atomic mass is 9.85. The predicted molar refractivity (Wildman–Crippen MR) is 137 cm³/mol. The van der Waals surface area contributed by atoms with Crippen LogP contribution in [0.15, 0.2) is 12.2 Å². The van der Waals surface area contributed by atoms with Gasteiger partial charge in [0.2, 0.25) is 0 Å². The molecule has 8 nitrogen and oxygen atoms in total. The van der Waals surface area contributed by atoms with Crippen LogP contribution in [0.4, 0.5) is 9.59 Å². The first-order chi connectivity index (χ1) is 17.0. The molecule has 0 spiro atoms. The van der Waals surface area contributed by atoms with Crippen LogP contribution in [0.25, 0.3) is 0 Å². The third kappa shape index (κ3) is 8.73. The van der Waals surface area contributed by atoms with Crippen molar-refractivity contribution in [3.05, 3.63) is 12.2 Å². The summed E-state index contributed by atoms with van der Waals surface area (Å²) >= 11 is 0. The summed E-state index contributed by atoms with van der Waals surface area (Å²) < 4.78 is 5.15. The summed E-state index contributed by atoms with van der Waals surface area (Å²) in [4.78, 5) is 40.3. The van der Waals surface area contributed by atoms with E-state index < -0.39 is 5.97 Å². The van der Waals surface area contributed by atoms with E-state index in [2.05, 4.69) is 22.5 Å². The van der Waals surface area contributed by atoms with E-state index in [1.807, 2.05) is 4.90 Å². The predicted octanol–water partition coefficient (Wildman–Crippen LogP) is 4.99. The molecule has 0 saturated heterocycles. The normalized spacial score (nSPS) is 20.9. The molecule has 3 saturated carbocycles. The molecule has 0 heterocycles. The van der Waals surface area contributed by atoms with E-state index in [9.17, 15) is 14.4 Å². The lowest BCUT2D eigenvalue weighted by molar-refractivity contribution is -0.138. The first kappa shape index (κ1) is 27.3. The fraction of sp³-hybridized carbons (Fsp3) is 0.815. The van der Waals surface area contributed by atoms with Gasteiger partial charge in [-0.1, -0.05) is 64.4 Å². The first-order valence-electron chi connectivity index (χ1n) is 13.9. The van der Waals surface area contributed by atoms with Gasteiger partial charge in [0.15, 0.2) is 0 Å². The van der Waals surface area contributed by atoms with Crippen LogP contribution in [0.3, 0.4) is 0 Å². The summed E-state index contributed by atoms with van der Waals surface area (Å²) in [6, 6.07) is -0.0207. The number of urea groups is 2. The topological polar surface area (TPSA) is 99.8 Å². The minimum atomic E-state index is -0.454. The van der Waals surface area contributed by atoms with Gasteiger partial charge in [-0.2, -0.15) is 0 Å². The largest absolute Gasteiger partial charge is 0.460 e. The Balaban J connectivity index is 1.70. The van der Waals surface area contributed by atoms with E-state index in [1.54, 1.807) is 6.92 Å². The van der Waals surface area contributed by atoms with E-state index in [-0.39, 0.29) is 49.4 Å². The zero-order valence-electron chi connectivity index (χ0n) is 21.6. The van der Waals surface area contributed by atoms with Gasteiger partial charge in [-0.3, -0.25) is 0 Å². The Kier molecular flexibility index (Phi) is 11.2. The van der Waals surface area contributed by atoms with Crippen molar-refractivity contribution in [3.63, 3.8) is 0 Å². The highest BCUT2D eigenvalue weighted by molar-refractivity contribution is 5.87. The molecule has 35 heavy (non-hydrogen) atoms. The minimum absolute atomic E-state index is 0.0969. The van der Waals surface area contributed by atoms with Gasteiger partial charge in [0.25, 0.3) is 0 Å². The van der Waals surface area contributed by atoms with E-state index >= 15 is 0 Å². The first-order valence-corrected chi connectivity index (χ1v) is 13.9. The number of carbonyl (C=O) groups excluding carboxylic acids is 3. The standard InChI is InChI=1S/C27H46N4O4/c1-20(2)25(32)35-19-18-28-27(34)31(23-16-10-5-11-17-23)24(21-12-6-3-7-13-21)30-26(33)29-22-14-8-4-9-15-22/h21-24H,1,3-19H2,2H3,(H,28,34)(H2,29,30,33). The molecule has 3 aliphatic rings. The lowest BCUT2D eigenvalue weighted by Gasteiger charge is -2.44. The van der Waals surface area contributed by atoms with Gasteiger partial charge in [-0.05, 0) is 51.4 Å². The molecular weight excluding hydrogens is 444 g/mol. The van der Waals surface area contributed by atoms with E-state index in [4.69, 9.17) is 4.74 Å². The number of hydrogen-bond donors (Lipinski definition) is 3. The quantitative estimate of drug-likeness (QED) is 0.183. The Morgan fingerprint density at radius 3 is 2.06 bits per heavy atom. The van der Waals surface area contributed by atoms with Crippen LogP contribution in [0, 0.1) is 5.92 Å². The van der Waals surface area contributed by atoms with Crippen molar-refractivity contribution < 1.29 is 19.1 Å². The average Bonchev–Trinajstić information content (AvgIpc) is 2.87. The van der Waals surface area contributed by atoms with Crippen molar-refractivity contribution in [2.24, 2.45) is 5.92 Å². The highest BCUT2D eigenvalue weighted by Gasteiger charge is 2.38. The Hall–Kier alpha value is -2.25. The van der Waals surface area contributed by atoms with Crippen molar-refractivity contribution in [3.8, 4) is 0 Å². The summed E-state index contributed by atoms with van der Waals surface area (Å²) in [6.07, 6.45) is 16.0. The van der Waals surface area contributed by atoms with Crippen LogP contribution in [-0.4, -0.2) is 54.3 Å². The summed E-state index contributed by atoms with van der Waals surface area (Å²) in [5, 5.41) is 9.40. The number of nitrogens with zero attached hydrogens (tertiary/aromatic N) is 1. The fourth-order valence-corrected chi connectivity index (χ4v) is 5.87. The zero-order valence-corrected chi connectivity index (χ0v) is 21.6. The van der Waals surface area contributed by atoms with Crippen molar-refractivity contribution in [2.45, 2.75) is 121 Å². The Morgan fingerprint density at radius 1 is 0.886 bits per heavy atom. The minimum Gasteiger partial charge on any atom is -0.460 e. The molecule has 8 heteroatoms. The molecule has 3 aliphatic carbocycles. The molecule has 1 atom stereocenters. The van der Waals surface area contributed by atoms with Crippen LogP contribution < -0.4 is 16.0 Å². The molecule has 3 fully saturated rings. The molecule has 0 aromatic carbocycles. The Bertz CT molecular complexity index is 710. The lowest BCUT2D eigenvalue weighted by Crippen LogP contribution is -2.63. The van der Waals surface area contributed by atoms with Gasteiger partial charge in [-0.25, -0.2) is 14.4 Å². The molecular formula is C27H46N4O4. The molecule has 3 N–H and O–H groups in total. The van der Waals surface area contributed by atoms with Crippen molar-refractivity contribution in [2.75, 3.05) is 13.2 Å². The van der Waals surface area contributed by atoms with Gasteiger partial charge < -0.3 is 25.6 Å². The smallest absolute Gasteiger partial charge is 0.333 e. The summed E-state index contributed by atoms with van der Waals surface area (Å²) in [6.45, 7) is 5.51.